The summed E-state index contributed by atoms with van der Waals surface area (Å²) in [5.74, 6) is 1.02. The van der Waals surface area contributed by atoms with Crippen molar-refractivity contribution in [1.29, 1.82) is 0 Å². The van der Waals surface area contributed by atoms with Gasteiger partial charge in [-0.15, -0.1) is 0 Å². The maximum Gasteiger partial charge on any atom is 0.251 e. The second kappa shape index (κ2) is 11.7. The highest BCUT2D eigenvalue weighted by Gasteiger charge is 2.12. The summed E-state index contributed by atoms with van der Waals surface area (Å²) in [6.07, 6.45) is 0. The Labute approximate surface area is 208 Å². The first-order valence-electron chi connectivity index (χ1n) is 11.6. The quantitative estimate of drug-likeness (QED) is 0.254. The Kier molecular flexibility index (Phi) is 8.02. The molecule has 4 aromatic rings. The van der Waals surface area contributed by atoms with Crippen molar-refractivity contribution in [2.75, 3.05) is 36.8 Å². The van der Waals surface area contributed by atoms with Crippen molar-refractivity contribution in [3.05, 3.63) is 84.2 Å². The zero-order valence-electron chi connectivity index (χ0n) is 19.8. The van der Waals surface area contributed by atoms with E-state index in [9.17, 15) is 14.0 Å². The fourth-order valence-corrected chi connectivity index (χ4v) is 3.70. The molecule has 0 aliphatic rings. The van der Waals surface area contributed by atoms with Crippen molar-refractivity contribution in [2.45, 2.75) is 6.92 Å². The number of carbonyl (C=O) groups excluding carboxylic acids is 2. The van der Waals surface area contributed by atoms with Crippen molar-refractivity contribution in [3.63, 3.8) is 0 Å². The van der Waals surface area contributed by atoms with Crippen LogP contribution in [-0.4, -0.2) is 48.0 Å². The van der Waals surface area contributed by atoms with Crippen LogP contribution in [0, 0.1) is 5.82 Å². The normalized spacial score (nSPS) is 10.6. The van der Waals surface area contributed by atoms with Gasteiger partial charge in [-0.3, -0.25) is 9.59 Å². The average Bonchev–Trinajstić information content (AvgIpc) is 2.90. The molecule has 1 heterocycles. The molecule has 0 radical (unpaired) electrons. The van der Waals surface area contributed by atoms with Crippen LogP contribution in [-0.2, 0) is 4.79 Å². The van der Waals surface area contributed by atoms with E-state index in [1.807, 2.05) is 30.3 Å². The first kappa shape index (κ1) is 24.6. The van der Waals surface area contributed by atoms with Gasteiger partial charge in [0.05, 0.1) is 0 Å². The highest BCUT2D eigenvalue weighted by molar-refractivity contribution is 6.07. The molecule has 4 N–H and O–H groups in total. The van der Waals surface area contributed by atoms with Gasteiger partial charge in [-0.05, 0) is 17.5 Å². The maximum atomic E-state index is 14.1. The Morgan fingerprint density at radius 1 is 0.750 bits per heavy atom. The van der Waals surface area contributed by atoms with Crippen molar-refractivity contribution >= 4 is 34.2 Å². The molecule has 2 amide bonds. The standard InChI is InChI=1S/C27H27FN6O2/c1-18(35)29-13-14-30-24-17-25(34-26(33-24)19-7-3-2-4-8-19)31-15-16-32-27(36)22-11-12-23(28)21-10-6-5-9-20(21)22/h2-12,17H,13-16H2,1H3,(H,29,35)(H,32,36)(H2,30,31,33,34). The Morgan fingerprint density at radius 3 is 2.03 bits per heavy atom. The number of anilines is 2. The molecular formula is C27H27FN6O2. The topological polar surface area (TPSA) is 108 Å². The van der Waals surface area contributed by atoms with Crippen LogP contribution in [0.3, 0.4) is 0 Å². The summed E-state index contributed by atoms with van der Waals surface area (Å²) in [5, 5.41) is 13.0. The molecule has 1 aromatic heterocycles. The van der Waals surface area contributed by atoms with Gasteiger partial charge in [0.2, 0.25) is 5.91 Å². The lowest BCUT2D eigenvalue weighted by Gasteiger charge is -2.13. The average molecular weight is 487 g/mol. The van der Waals surface area contributed by atoms with Gasteiger partial charge < -0.3 is 21.3 Å². The molecule has 0 spiro atoms. The van der Waals surface area contributed by atoms with Crippen LogP contribution in [0.4, 0.5) is 16.0 Å². The summed E-state index contributed by atoms with van der Waals surface area (Å²) in [5.41, 5.74) is 1.29. The van der Waals surface area contributed by atoms with Crippen LogP contribution < -0.4 is 21.3 Å². The molecule has 0 bridgehead atoms. The molecule has 0 saturated heterocycles. The van der Waals surface area contributed by atoms with Crippen LogP contribution in [0.2, 0.25) is 0 Å². The van der Waals surface area contributed by atoms with Crippen molar-refractivity contribution in [2.24, 2.45) is 0 Å². The van der Waals surface area contributed by atoms with Crippen LogP contribution in [0.5, 0.6) is 0 Å². The Bertz CT molecular complexity index is 1360. The predicted octanol–water partition coefficient (Wildman–Crippen LogP) is 3.83. The number of hydrogen-bond donors (Lipinski definition) is 4. The minimum atomic E-state index is -0.358. The zero-order chi connectivity index (χ0) is 25.3. The van der Waals surface area contributed by atoms with Gasteiger partial charge in [-0.2, -0.15) is 0 Å². The Hall–Kier alpha value is -4.53. The Balaban J connectivity index is 1.40. The number of hydrogen-bond acceptors (Lipinski definition) is 6. The van der Waals surface area contributed by atoms with Gasteiger partial charge >= 0.3 is 0 Å². The molecule has 0 atom stereocenters. The summed E-state index contributed by atoms with van der Waals surface area (Å²) < 4.78 is 14.1. The first-order valence-corrected chi connectivity index (χ1v) is 11.6. The lowest BCUT2D eigenvalue weighted by Crippen LogP contribution is -2.29. The second-order valence-corrected chi connectivity index (χ2v) is 8.06. The van der Waals surface area contributed by atoms with E-state index < -0.39 is 0 Å². The van der Waals surface area contributed by atoms with Crippen LogP contribution in [0.25, 0.3) is 22.2 Å². The Morgan fingerprint density at radius 2 is 1.36 bits per heavy atom. The van der Waals surface area contributed by atoms with Crippen molar-refractivity contribution < 1.29 is 14.0 Å². The third kappa shape index (κ3) is 6.32. The molecule has 0 aliphatic carbocycles. The molecule has 8 nitrogen and oxygen atoms in total. The number of rotatable bonds is 10. The third-order valence-corrected chi connectivity index (χ3v) is 5.40. The number of halogens is 1. The maximum absolute atomic E-state index is 14.1. The highest BCUT2D eigenvalue weighted by atomic mass is 19.1. The number of benzene rings is 3. The summed E-state index contributed by atoms with van der Waals surface area (Å²) in [7, 11) is 0. The van der Waals surface area contributed by atoms with Gasteiger partial charge in [0, 0.05) is 55.7 Å². The molecule has 184 valence electrons. The molecule has 9 heteroatoms. The lowest BCUT2D eigenvalue weighted by molar-refractivity contribution is -0.118. The summed E-state index contributed by atoms with van der Waals surface area (Å²) >= 11 is 0. The minimum Gasteiger partial charge on any atom is -0.368 e. The lowest BCUT2D eigenvalue weighted by atomic mass is 10.0. The minimum absolute atomic E-state index is 0.0949. The molecule has 3 aromatic carbocycles. The van der Waals surface area contributed by atoms with Gasteiger partial charge in [0.1, 0.15) is 17.5 Å². The number of fused-ring (bicyclic) bond motifs is 1. The van der Waals surface area contributed by atoms with E-state index in [-0.39, 0.29) is 17.6 Å². The van der Waals surface area contributed by atoms with E-state index in [2.05, 4.69) is 31.2 Å². The van der Waals surface area contributed by atoms with E-state index in [1.165, 1.54) is 19.1 Å². The fraction of sp³-hybridized carbons (Fsp3) is 0.185. The number of carbonyl (C=O) groups is 2. The van der Waals surface area contributed by atoms with E-state index in [4.69, 9.17) is 0 Å². The smallest absolute Gasteiger partial charge is 0.251 e. The second-order valence-electron chi connectivity index (χ2n) is 8.06. The van der Waals surface area contributed by atoms with Gasteiger partial charge in [0.15, 0.2) is 5.82 Å². The van der Waals surface area contributed by atoms with Crippen molar-refractivity contribution in [3.8, 4) is 11.4 Å². The monoisotopic (exact) mass is 486 g/mol. The zero-order valence-corrected chi connectivity index (χ0v) is 19.8. The summed E-state index contributed by atoms with van der Waals surface area (Å²) in [6.45, 7) is 3.19. The number of nitrogens with zero attached hydrogens (tertiary/aromatic N) is 2. The third-order valence-electron chi connectivity index (χ3n) is 5.40. The molecule has 0 saturated carbocycles. The van der Waals surface area contributed by atoms with Crippen LogP contribution in [0.15, 0.2) is 72.8 Å². The van der Waals surface area contributed by atoms with Crippen LogP contribution >= 0.6 is 0 Å². The van der Waals surface area contributed by atoms with E-state index in [0.29, 0.717) is 60.0 Å². The summed E-state index contributed by atoms with van der Waals surface area (Å²) in [4.78, 5) is 33.0. The predicted molar refractivity (Wildman–Crippen MR) is 139 cm³/mol. The first-order chi connectivity index (χ1) is 17.5. The molecular weight excluding hydrogens is 459 g/mol. The van der Waals surface area contributed by atoms with Crippen molar-refractivity contribution in [1.82, 2.24) is 20.6 Å². The molecule has 4 rings (SSSR count). The van der Waals surface area contributed by atoms with Gasteiger partial charge in [-0.25, -0.2) is 14.4 Å². The SMILES string of the molecule is CC(=O)NCCNc1cc(NCCNC(=O)c2ccc(F)c3ccccc23)nc(-c2ccccc2)n1. The number of amides is 2. The van der Waals surface area contributed by atoms with E-state index in [1.54, 1.807) is 30.3 Å². The van der Waals surface area contributed by atoms with E-state index in [0.717, 1.165) is 5.56 Å². The largest absolute Gasteiger partial charge is 0.368 e. The summed E-state index contributed by atoms with van der Waals surface area (Å²) in [6, 6.07) is 21.1. The fourth-order valence-electron chi connectivity index (χ4n) is 3.70. The number of aromatic nitrogens is 2. The van der Waals surface area contributed by atoms with Gasteiger partial charge in [0.25, 0.3) is 5.91 Å². The highest BCUT2D eigenvalue weighted by Crippen LogP contribution is 2.22. The van der Waals surface area contributed by atoms with Gasteiger partial charge in [-0.1, -0.05) is 54.6 Å². The molecule has 36 heavy (non-hydrogen) atoms. The number of nitrogens with one attached hydrogen (secondary N) is 4. The molecule has 0 fully saturated rings. The molecule has 0 unspecified atom stereocenters. The molecule has 0 aliphatic heterocycles. The van der Waals surface area contributed by atoms with E-state index >= 15 is 0 Å². The van der Waals surface area contributed by atoms with Crippen LogP contribution in [0.1, 0.15) is 17.3 Å².